The Balaban J connectivity index is 0.000000811. The van der Waals surface area contributed by atoms with Gasteiger partial charge in [-0.1, -0.05) is 77.8 Å². The van der Waals surface area contributed by atoms with Crippen LogP contribution in [0.15, 0.2) is 30.3 Å². The highest BCUT2D eigenvalue weighted by Gasteiger charge is 2.20. The molecular formula is C17H30. The molecule has 98 valence electrons. The molecule has 1 aromatic carbocycles. The zero-order valence-electron chi connectivity index (χ0n) is 11.1. The lowest BCUT2D eigenvalue weighted by atomic mass is 9.77. The van der Waals surface area contributed by atoms with Crippen molar-refractivity contribution in [1.29, 1.82) is 0 Å². The minimum absolute atomic E-state index is 0. The van der Waals surface area contributed by atoms with Gasteiger partial charge in [0.2, 0.25) is 0 Å². The van der Waals surface area contributed by atoms with Crippen LogP contribution in [0.5, 0.6) is 0 Å². The van der Waals surface area contributed by atoms with Crippen LogP contribution in [0.25, 0.3) is 0 Å². The second-order valence-corrected chi connectivity index (χ2v) is 4.71. The van der Waals surface area contributed by atoms with Crippen LogP contribution in [0.3, 0.4) is 0 Å². The van der Waals surface area contributed by atoms with Crippen molar-refractivity contribution < 1.29 is 0 Å². The lowest BCUT2D eigenvalue weighted by Gasteiger charge is -2.28. The van der Waals surface area contributed by atoms with E-state index in [2.05, 4.69) is 37.3 Å². The highest BCUT2D eigenvalue weighted by atomic mass is 14.3. The molecule has 0 saturated heterocycles. The van der Waals surface area contributed by atoms with Gasteiger partial charge in [-0.15, -0.1) is 0 Å². The third kappa shape index (κ3) is 5.39. The van der Waals surface area contributed by atoms with Crippen LogP contribution < -0.4 is 0 Å². The van der Waals surface area contributed by atoms with E-state index in [0.29, 0.717) is 0 Å². The highest BCUT2D eigenvalue weighted by molar-refractivity contribution is 5.15. The zero-order valence-corrected chi connectivity index (χ0v) is 11.1. The molecule has 1 saturated carbocycles. The van der Waals surface area contributed by atoms with Crippen LogP contribution in [0.2, 0.25) is 0 Å². The zero-order chi connectivity index (χ0) is 11.8. The molecule has 2 atom stereocenters. The molecule has 0 spiro atoms. The van der Waals surface area contributed by atoms with Crippen LogP contribution in [0, 0.1) is 11.8 Å². The molecule has 0 aromatic heterocycles. The van der Waals surface area contributed by atoms with Gasteiger partial charge in [-0.2, -0.15) is 0 Å². The molecule has 0 heteroatoms. The third-order valence-electron chi connectivity index (χ3n) is 3.63. The van der Waals surface area contributed by atoms with Crippen LogP contribution >= 0.6 is 0 Å². The molecule has 0 radical (unpaired) electrons. The monoisotopic (exact) mass is 234 g/mol. The van der Waals surface area contributed by atoms with E-state index in [1.807, 2.05) is 13.8 Å². The van der Waals surface area contributed by atoms with Crippen molar-refractivity contribution in [3.05, 3.63) is 35.9 Å². The van der Waals surface area contributed by atoms with E-state index in [4.69, 9.17) is 0 Å². The summed E-state index contributed by atoms with van der Waals surface area (Å²) >= 11 is 0. The molecule has 17 heavy (non-hydrogen) atoms. The summed E-state index contributed by atoms with van der Waals surface area (Å²) in [5, 5.41) is 0. The topological polar surface area (TPSA) is 0 Å². The Morgan fingerprint density at radius 2 is 1.59 bits per heavy atom. The van der Waals surface area contributed by atoms with Gasteiger partial charge < -0.3 is 0 Å². The van der Waals surface area contributed by atoms with Crippen LogP contribution in [-0.4, -0.2) is 0 Å². The van der Waals surface area contributed by atoms with Gasteiger partial charge in [0.15, 0.2) is 0 Å². The first-order chi connectivity index (χ1) is 7.86. The molecule has 1 aromatic rings. The Kier molecular flexibility index (Phi) is 8.85. The maximum absolute atomic E-state index is 2.42. The summed E-state index contributed by atoms with van der Waals surface area (Å²) < 4.78 is 0. The SMILES string of the molecule is C.CC.CC1CCCC[C@@H]1Cc1ccccc1. The minimum atomic E-state index is 0. The van der Waals surface area contributed by atoms with Gasteiger partial charge in [-0.3, -0.25) is 0 Å². The first-order valence-electron chi connectivity index (χ1n) is 6.90. The van der Waals surface area contributed by atoms with Crippen molar-refractivity contribution in [3.8, 4) is 0 Å². The van der Waals surface area contributed by atoms with Crippen molar-refractivity contribution in [2.45, 2.75) is 60.3 Å². The fourth-order valence-corrected chi connectivity index (χ4v) is 2.61. The van der Waals surface area contributed by atoms with Gasteiger partial charge in [0.1, 0.15) is 0 Å². The van der Waals surface area contributed by atoms with Gasteiger partial charge in [0.25, 0.3) is 0 Å². The average Bonchev–Trinajstić information content (AvgIpc) is 2.36. The smallest absolute Gasteiger partial charge is 0.0248 e. The maximum Gasteiger partial charge on any atom is -0.0248 e. The summed E-state index contributed by atoms with van der Waals surface area (Å²) in [4.78, 5) is 0. The van der Waals surface area contributed by atoms with E-state index in [-0.39, 0.29) is 7.43 Å². The quantitative estimate of drug-likeness (QED) is 0.614. The summed E-state index contributed by atoms with van der Waals surface area (Å²) in [6.45, 7) is 6.42. The standard InChI is InChI=1S/C14H20.C2H6.CH4/c1-12-7-5-6-10-14(12)11-13-8-3-2-4-9-13;1-2;/h2-4,8-9,12,14H,5-7,10-11H2,1H3;1-2H3;1H4/t12?,14-;;/m1../s1. The number of hydrogen-bond acceptors (Lipinski definition) is 0. The number of benzene rings is 1. The van der Waals surface area contributed by atoms with Gasteiger partial charge in [0.05, 0.1) is 0 Å². The van der Waals surface area contributed by atoms with E-state index < -0.39 is 0 Å². The van der Waals surface area contributed by atoms with Crippen LogP contribution in [-0.2, 0) is 6.42 Å². The van der Waals surface area contributed by atoms with Crippen LogP contribution in [0.4, 0.5) is 0 Å². The fourth-order valence-electron chi connectivity index (χ4n) is 2.61. The predicted octanol–water partition coefficient (Wildman–Crippen LogP) is 5.72. The Bertz CT molecular complexity index is 263. The molecule has 0 heterocycles. The van der Waals surface area contributed by atoms with Crippen molar-refractivity contribution in [3.63, 3.8) is 0 Å². The molecule has 1 aliphatic carbocycles. The summed E-state index contributed by atoms with van der Waals surface area (Å²) in [6.07, 6.45) is 7.07. The molecule has 0 aliphatic heterocycles. The van der Waals surface area contributed by atoms with Crippen molar-refractivity contribution in [2.75, 3.05) is 0 Å². The highest BCUT2D eigenvalue weighted by Crippen LogP contribution is 2.31. The van der Waals surface area contributed by atoms with E-state index in [0.717, 1.165) is 11.8 Å². The lowest BCUT2D eigenvalue weighted by Crippen LogP contribution is -2.18. The molecule has 1 fully saturated rings. The molecule has 1 unspecified atom stereocenters. The average molecular weight is 234 g/mol. The van der Waals surface area contributed by atoms with E-state index in [1.165, 1.54) is 37.7 Å². The summed E-state index contributed by atoms with van der Waals surface area (Å²) in [6, 6.07) is 10.9. The number of hydrogen-bond donors (Lipinski definition) is 0. The largest absolute Gasteiger partial charge is 0.0776 e. The Morgan fingerprint density at radius 3 is 2.18 bits per heavy atom. The van der Waals surface area contributed by atoms with E-state index in [9.17, 15) is 0 Å². The maximum atomic E-state index is 2.42. The van der Waals surface area contributed by atoms with Gasteiger partial charge in [0, 0.05) is 0 Å². The molecule has 1 aliphatic rings. The van der Waals surface area contributed by atoms with Crippen molar-refractivity contribution >= 4 is 0 Å². The van der Waals surface area contributed by atoms with Crippen LogP contribution in [0.1, 0.15) is 59.4 Å². The molecule has 2 rings (SSSR count). The normalized spacial score (nSPS) is 23.0. The van der Waals surface area contributed by atoms with Gasteiger partial charge in [-0.05, 0) is 30.2 Å². The molecule has 0 N–H and O–H groups in total. The third-order valence-corrected chi connectivity index (χ3v) is 3.63. The Labute approximate surface area is 108 Å². The minimum Gasteiger partial charge on any atom is -0.0776 e. The van der Waals surface area contributed by atoms with E-state index in [1.54, 1.807) is 0 Å². The van der Waals surface area contributed by atoms with Gasteiger partial charge in [-0.25, -0.2) is 0 Å². The second-order valence-electron chi connectivity index (χ2n) is 4.71. The fraction of sp³-hybridized carbons (Fsp3) is 0.647. The predicted molar refractivity (Wildman–Crippen MR) is 79.3 cm³/mol. The molecule has 0 amide bonds. The summed E-state index contributed by atoms with van der Waals surface area (Å²) in [5.74, 6) is 1.87. The first kappa shape index (κ1) is 16.2. The lowest BCUT2D eigenvalue weighted by molar-refractivity contribution is 0.255. The Hall–Kier alpha value is -0.780. The Morgan fingerprint density at radius 1 is 1.00 bits per heavy atom. The molecule has 0 nitrogen and oxygen atoms in total. The van der Waals surface area contributed by atoms with Crippen molar-refractivity contribution in [2.24, 2.45) is 11.8 Å². The van der Waals surface area contributed by atoms with Crippen molar-refractivity contribution in [1.82, 2.24) is 0 Å². The second kappa shape index (κ2) is 9.27. The molecule has 0 bridgehead atoms. The summed E-state index contributed by atoms with van der Waals surface area (Å²) in [7, 11) is 0. The first-order valence-corrected chi connectivity index (χ1v) is 6.90. The van der Waals surface area contributed by atoms with Gasteiger partial charge >= 0.3 is 0 Å². The van der Waals surface area contributed by atoms with E-state index >= 15 is 0 Å². The summed E-state index contributed by atoms with van der Waals surface area (Å²) in [5.41, 5.74) is 1.52. The number of rotatable bonds is 2. The molecular weight excluding hydrogens is 204 g/mol.